The monoisotopic (exact) mass is 245 g/mol. The zero-order chi connectivity index (χ0) is 12.6. The van der Waals surface area contributed by atoms with E-state index >= 15 is 0 Å². The lowest BCUT2D eigenvalue weighted by Crippen LogP contribution is -2.26. The lowest BCUT2D eigenvalue weighted by molar-refractivity contribution is 0.207. The Kier molecular flexibility index (Phi) is 2.84. The molecule has 0 atom stereocenters. The van der Waals surface area contributed by atoms with Crippen molar-refractivity contribution in [2.24, 2.45) is 5.41 Å². The van der Waals surface area contributed by atoms with Gasteiger partial charge in [0.15, 0.2) is 0 Å². The van der Waals surface area contributed by atoms with Crippen LogP contribution in [0.2, 0.25) is 0 Å². The third-order valence-corrected chi connectivity index (χ3v) is 3.84. The summed E-state index contributed by atoms with van der Waals surface area (Å²) in [5.41, 5.74) is 3.55. The second kappa shape index (κ2) is 4.37. The molecule has 0 aromatic carbocycles. The maximum atomic E-state index is 9.26. The maximum absolute atomic E-state index is 9.26. The minimum absolute atomic E-state index is 0.164. The second-order valence-electron chi connectivity index (χ2n) is 5.44. The normalized spacial score (nSPS) is 17.2. The van der Waals surface area contributed by atoms with Gasteiger partial charge in [-0.1, -0.05) is 0 Å². The van der Waals surface area contributed by atoms with E-state index in [-0.39, 0.29) is 5.41 Å². The molecule has 1 fully saturated rings. The summed E-state index contributed by atoms with van der Waals surface area (Å²) in [6.07, 6.45) is 6.26. The molecule has 4 nitrogen and oxygen atoms in total. The first kappa shape index (κ1) is 11.7. The van der Waals surface area contributed by atoms with Crippen LogP contribution < -0.4 is 5.32 Å². The van der Waals surface area contributed by atoms with Crippen molar-refractivity contribution >= 4 is 5.65 Å². The summed E-state index contributed by atoms with van der Waals surface area (Å²) in [4.78, 5) is 4.40. The van der Waals surface area contributed by atoms with Crippen molar-refractivity contribution in [3.8, 4) is 0 Å². The van der Waals surface area contributed by atoms with E-state index in [0.717, 1.165) is 31.6 Å². The fourth-order valence-corrected chi connectivity index (χ4v) is 2.29. The molecule has 18 heavy (non-hydrogen) atoms. The highest BCUT2D eigenvalue weighted by Gasteiger charge is 2.41. The zero-order valence-electron chi connectivity index (χ0n) is 10.7. The van der Waals surface area contributed by atoms with Crippen molar-refractivity contribution < 1.29 is 5.11 Å². The number of hydrogen-bond donors (Lipinski definition) is 2. The number of aliphatic hydroxyl groups is 1. The predicted molar refractivity (Wildman–Crippen MR) is 70.4 cm³/mol. The fraction of sp³-hybridized carbons (Fsp3) is 0.500. The van der Waals surface area contributed by atoms with Crippen LogP contribution in [-0.2, 0) is 6.54 Å². The van der Waals surface area contributed by atoms with Gasteiger partial charge in [0.05, 0.1) is 11.9 Å². The molecule has 4 heteroatoms. The number of hydrogen-bond acceptors (Lipinski definition) is 3. The molecule has 2 heterocycles. The quantitative estimate of drug-likeness (QED) is 0.839. The topological polar surface area (TPSA) is 49.6 Å². The van der Waals surface area contributed by atoms with Crippen LogP contribution in [0.25, 0.3) is 5.65 Å². The molecule has 1 aliphatic carbocycles. The highest BCUT2D eigenvalue weighted by atomic mass is 16.3. The Balaban J connectivity index is 1.67. The Bertz CT molecular complexity index is 557. The average Bonchev–Trinajstić information content (AvgIpc) is 3.05. The van der Waals surface area contributed by atoms with Crippen molar-refractivity contribution in [1.29, 1.82) is 0 Å². The van der Waals surface area contributed by atoms with Gasteiger partial charge in [-0.25, -0.2) is 4.98 Å². The van der Waals surface area contributed by atoms with Gasteiger partial charge in [0.1, 0.15) is 5.65 Å². The van der Waals surface area contributed by atoms with Crippen LogP contribution in [0.3, 0.4) is 0 Å². The van der Waals surface area contributed by atoms with Gasteiger partial charge in [0, 0.05) is 31.3 Å². The Labute approximate surface area is 107 Å². The molecule has 0 radical (unpaired) electrons. The Hall–Kier alpha value is -1.39. The van der Waals surface area contributed by atoms with Gasteiger partial charge in [-0.2, -0.15) is 0 Å². The van der Waals surface area contributed by atoms with Gasteiger partial charge in [-0.3, -0.25) is 0 Å². The Morgan fingerprint density at radius 3 is 3.06 bits per heavy atom. The van der Waals surface area contributed by atoms with E-state index in [1.165, 1.54) is 11.3 Å². The summed E-state index contributed by atoms with van der Waals surface area (Å²) in [5.74, 6) is 0. The van der Waals surface area contributed by atoms with Gasteiger partial charge in [0.25, 0.3) is 0 Å². The summed E-state index contributed by atoms with van der Waals surface area (Å²) in [6, 6.07) is 4.17. The standard InChI is InChI=1S/C14H19N3O/c1-11-2-5-17-12(8-16-13(17)6-11)7-15-9-14(10-18)3-4-14/h2,5-6,8,15,18H,3-4,7,9-10H2,1H3. The molecule has 0 bridgehead atoms. The molecular formula is C14H19N3O. The maximum Gasteiger partial charge on any atom is 0.137 e. The van der Waals surface area contributed by atoms with Crippen LogP contribution in [-0.4, -0.2) is 27.6 Å². The third kappa shape index (κ3) is 2.13. The van der Waals surface area contributed by atoms with Gasteiger partial charge in [-0.05, 0) is 37.5 Å². The molecule has 2 N–H and O–H groups in total. The number of pyridine rings is 1. The van der Waals surface area contributed by atoms with Gasteiger partial charge < -0.3 is 14.8 Å². The molecule has 3 rings (SSSR count). The fourth-order valence-electron chi connectivity index (χ4n) is 2.29. The number of rotatable bonds is 5. The van der Waals surface area contributed by atoms with Crippen molar-refractivity contribution in [3.05, 3.63) is 35.8 Å². The van der Waals surface area contributed by atoms with Gasteiger partial charge in [0.2, 0.25) is 0 Å². The van der Waals surface area contributed by atoms with Crippen LogP contribution >= 0.6 is 0 Å². The number of imidazole rings is 1. The molecule has 1 aliphatic rings. The number of aromatic nitrogens is 2. The molecule has 96 valence electrons. The van der Waals surface area contributed by atoms with Gasteiger partial charge in [-0.15, -0.1) is 0 Å². The van der Waals surface area contributed by atoms with E-state index in [1.807, 2.05) is 6.20 Å². The highest BCUT2D eigenvalue weighted by molar-refractivity contribution is 5.42. The van der Waals surface area contributed by atoms with E-state index in [4.69, 9.17) is 0 Å². The van der Waals surface area contributed by atoms with Crippen molar-refractivity contribution in [2.45, 2.75) is 26.3 Å². The lowest BCUT2D eigenvalue weighted by atomic mass is 10.1. The minimum Gasteiger partial charge on any atom is -0.396 e. The third-order valence-electron chi connectivity index (χ3n) is 3.84. The van der Waals surface area contributed by atoms with E-state index in [9.17, 15) is 5.11 Å². The number of nitrogens with zero attached hydrogens (tertiary/aromatic N) is 2. The zero-order valence-corrected chi connectivity index (χ0v) is 10.7. The molecule has 0 unspecified atom stereocenters. The first-order valence-corrected chi connectivity index (χ1v) is 6.47. The molecular weight excluding hydrogens is 226 g/mol. The number of nitrogens with one attached hydrogen (secondary N) is 1. The van der Waals surface area contributed by atoms with E-state index < -0.39 is 0 Å². The molecule has 0 aliphatic heterocycles. The van der Waals surface area contributed by atoms with E-state index in [0.29, 0.717) is 6.61 Å². The van der Waals surface area contributed by atoms with Gasteiger partial charge >= 0.3 is 0 Å². The first-order chi connectivity index (χ1) is 8.72. The highest BCUT2D eigenvalue weighted by Crippen LogP contribution is 2.44. The number of aliphatic hydroxyl groups excluding tert-OH is 1. The summed E-state index contributed by atoms with van der Waals surface area (Å²) >= 11 is 0. The number of fused-ring (bicyclic) bond motifs is 1. The number of aryl methyl sites for hydroxylation is 1. The predicted octanol–water partition coefficient (Wildman–Crippen LogP) is 1.50. The second-order valence-corrected chi connectivity index (χ2v) is 5.44. The smallest absolute Gasteiger partial charge is 0.137 e. The summed E-state index contributed by atoms with van der Waals surface area (Å²) in [7, 11) is 0. The summed E-state index contributed by atoms with van der Waals surface area (Å²) < 4.78 is 2.11. The molecule has 2 aromatic rings. The van der Waals surface area contributed by atoms with Crippen LogP contribution in [0, 0.1) is 12.3 Å². The van der Waals surface area contributed by atoms with E-state index in [2.05, 4.69) is 40.0 Å². The average molecular weight is 245 g/mol. The Morgan fingerprint density at radius 1 is 1.50 bits per heavy atom. The van der Waals surface area contributed by atoms with Crippen LogP contribution in [0.5, 0.6) is 0 Å². The van der Waals surface area contributed by atoms with Crippen molar-refractivity contribution in [3.63, 3.8) is 0 Å². The molecule has 0 saturated heterocycles. The summed E-state index contributed by atoms with van der Waals surface area (Å²) in [6.45, 7) is 4.06. The molecule has 2 aromatic heterocycles. The van der Waals surface area contributed by atoms with Crippen LogP contribution in [0.1, 0.15) is 24.1 Å². The Morgan fingerprint density at radius 2 is 2.33 bits per heavy atom. The largest absolute Gasteiger partial charge is 0.396 e. The molecule has 1 saturated carbocycles. The SMILES string of the molecule is Cc1ccn2c(CNCC3(CO)CC3)cnc2c1. The molecule has 0 amide bonds. The summed E-state index contributed by atoms with van der Waals surface area (Å²) in [5, 5.41) is 12.7. The van der Waals surface area contributed by atoms with Crippen LogP contribution in [0.15, 0.2) is 24.5 Å². The van der Waals surface area contributed by atoms with Crippen molar-refractivity contribution in [2.75, 3.05) is 13.2 Å². The van der Waals surface area contributed by atoms with Crippen molar-refractivity contribution in [1.82, 2.24) is 14.7 Å². The lowest BCUT2D eigenvalue weighted by Gasteiger charge is -2.12. The first-order valence-electron chi connectivity index (χ1n) is 6.47. The minimum atomic E-state index is 0.164. The molecule has 0 spiro atoms. The van der Waals surface area contributed by atoms with E-state index in [1.54, 1.807) is 0 Å². The van der Waals surface area contributed by atoms with Crippen LogP contribution in [0.4, 0.5) is 0 Å².